The van der Waals surface area contributed by atoms with E-state index in [0.717, 1.165) is 39.3 Å². The second kappa shape index (κ2) is 6.20. The third-order valence-electron chi connectivity index (χ3n) is 3.52. The molecule has 0 saturated carbocycles. The molecule has 1 aromatic carbocycles. The number of halogens is 1. The molecular weight excluding hydrogens is 298 g/mol. The van der Waals surface area contributed by atoms with Crippen molar-refractivity contribution in [2.75, 3.05) is 7.11 Å². The highest BCUT2D eigenvalue weighted by Crippen LogP contribution is 2.21. The van der Waals surface area contributed by atoms with Gasteiger partial charge in [-0.1, -0.05) is 28.9 Å². The summed E-state index contributed by atoms with van der Waals surface area (Å²) in [5.74, 6) is 0. The van der Waals surface area contributed by atoms with E-state index >= 15 is 0 Å². The Kier molecular flexibility index (Phi) is 4.11. The number of aryl methyl sites for hydroxylation is 1. The van der Waals surface area contributed by atoms with Crippen LogP contribution in [-0.4, -0.2) is 23.3 Å². The summed E-state index contributed by atoms with van der Waals surface area (Å²) in [6.45, 7) is 2.01. The molecule has 0 spiro atoms. The van der Waals surface area contributed by atoms with Gasteiger partial charge in [0.25, 0.3) is 0 Å². The first kappa shape index (κ1) is 14.6. The van der Waals surface area contributed by atoms with Crippen LogP contribution in [0.2, 0.25) is 5.02 Å². The molecular formula is C17H16ClN3O. The minimum atomic E-state index is 0.792. The molecule has 0 radical (unpaired) electrons. The van der Waals surface area contributed by atoms with Crippen molar-refractivity contribution in [3.05, 3.63) is 63.9 Å². The van der Waals surface area contributed by atoms with Crippen molar-refractivity contribution in [3.63, 3.8) is 0 Å². The van der Waals surface area contributed by atoms with E-state index in [0.29, 0.717) is 0 Å². The van der Waals surface area contributed by atoms with Crippen molar-refractivity contribution in [2.24, 2.45) is 5.16 Å². The molecule has 0 aliphatic carbocycles. The number of fused-ring (bicyclic) bond motifs is 1. The monoisotopic (exact) mass is 313 g/mol. The molecule has 4 nitrogen and oxygen atoms in total. The number of aromatic nitrogens is 2. The Morgan fingerprint density at radius 2 is 2.18 bits per heavy atom. The molecule has 0 amide bonds. The highest BCUT2D eigenvalue weighted by Gasteiger charge is 2.07. The third kappa shape index (κ3) is 2.97. The summed E-state index contributed by atoms with van der Waals surface area (Å²) in [5, 5.41) is 4.61. The van der Waals surface area contributed by atoms with Crippen molar-refractivity contribution in [2.45, 2.75) is 13.3 Å². The van der Waals surface area contributed by atoms with Crippen LogP contribution >= 0.6 is 11.6 Å². The molecule has 5 heteroatoms. The molecule has 0 aliphatic heterocycles. The second-order valence-electron chi connectivity index (χ2n) is 5.13. The van der Waals surface area contributed by atoms with Crippen LogP contribution in [0.25, 0.3) is 11.0 Å². The maximum absolute atomic E-state index is 6.07. The lowest BCUT2D eigenvalue weighted by Gasteiger charge is -2.02. The minimum absolute atomic E-state index is 0.792. The number of rotatable bonds is 4. The van der Waals surface area contributed by atoms with Gasteiger partial charge in [-0.05, 0) is 36.2 Å². The van der Waals surface area contributed by atoms with Crippen LogP contribution in [0.1, 0.15) is 22.4 Å². The van der Waals surface area contributed by atoms with Crippen molar-refractivity contribution in [1.29, 1.82) is 0 Å². The SMILES string of the molecule is CON=Cc1ccnc2cc(Cc3ccc(Cl)c(C)c3)[nH]c12. The molecule has 0 bridgehead atoms. The molecule has 3 rings (SSSR count). The molecule has 0 saturated heterocycles. The van der Waals surface area contributed by atoms with Crippen LogP contribution in [0.4, 0.5) is 0 Å². The molecule has 0 aliphatic rings. The van der Waals surface area contributed by atoms with Gasteiger partial charge in [0.1, 0.15) is 7.11 Å². The van der Waals surface area contributed by atoms with Crippen molar-refractivity contribution in [1.82, 2.24) is 9.97 Å². The van der Waals surface area contributed by atoms with Gasteiger partial charge in [-0.2, -0.15) is 0 Å². The fourth-order valence-electron chi connectivity index (χ4n) is 2.45. The quantitative estimate of drug-likeness (QED) is 0.582. The van der Waals surface area contributed by atoms with E-state index in [9.17, 15) is 0 Å². The third-order valence-corrected chi connectivity index (χ3v) is 3.95. The normalized spacial score (nSPS) is 11.4. The minimum Gasteiger partial charge on any atom is -0.399 e. The standard InChI is InChI=1S/C17H16ClN3O/c1-11-7-12(3-4-15(11)18)8-14-9-16-17(21-14)13(5-6-19-16)10-20-22-2/h3-7,9-10,21H,8H2,1-2H3. The summed E-state index contributed by atoms with van der Waals surface area (Å²) < 4.78 is 0. The predicted molar refractivity (Wildman–Crippen MR) is 89.7 cm³/mol. The number of nitrogens with one attached hydrogen (secondary N) is 1. The van der Waals surface area contributed by atoms with Crippen molar-refractivity contribution in [3.8, 4) is 0 Å². The fourth-order valence-corrected chi connectivity index (χ4v) is 2.57. The van der Waals surface area contributed by atoms with Crippen molar-refractivity contribution < 1.29 is 4.84 Å². The molecule has 0 unspecified atom stereocenters. The lowest BCUT2D eigenvalue weighted by molar-refractivity contribution is 0.215. The smallest absolute Gasteiger partial charge is 0.106 e. The second-order valence-corrected chi connectivity index (χ2v) is 5.54. The zero-order valence-electron chi connectivity index (χ0n) is 12.4. The van der Waals surface area contributed by atoms with Gasteiger partial charge in [0.2, 0.25) is 0 Å². The zero-order valence-corrected chi connectivity index (χ0v) is 13.2. The number of H-pyrrole nitrogens is 1. The number of pyridine rings is 1. The number of benzene rings is 1. The summed E-state index contributed by atoms with van der Waals surface area (Å²) in [5.41, 5.74) is 6.22. The van der Waals surface area contributed by atoms with Gasteiger partial charge < -0.3 is 9.82 Å². The van der Waals surface area contributed by atoms with Gasteiger partial charge in [-0.15, -0.1) is 0 Å². The Morgan fingerprint density at radius 1 is 1.32 bits per heavy atom. The highest BCUT2D eigenvalue weighted by atomic mass is 35.5. The fraction of sp³-hybridized carbons (Fsp3) is 0.176. The maximum Gasteiger partial charge on any atom is 0.106 e. The summed E-state index contributed by atoms with van der Waals surface area (Å²) in [6.07, 6.45) is 4.25. The molecule has 0 fully saturated rings. The van der Waals surface area contributed by atoms with Gasteiger partial charge in [0.05, 0.1) is 17.2 Å². The van der Waals surface area contributed by atoms with Crippen LogP contribution in [0.3, 0.4) is 0 Å². The van der Waals surface area contributed by atoms with E-state index < -0.39 is 0 Å². The number of nitrogens with zero attached hydrogens (tertiary/aromatic N) is 2. The van der Waals surface area contributed by atoms with Crippen molar-refractivity contribution >= 4 is 28.8 Å². The Balaban J connectivity index is 1.94. The number of oxime groups is 1. The van der Waals surface area contributed by atoms with Gasteiger partial charge >= 0.3 is 0 Å². The Hall–Kier alpha value is -2.33. The molecule has 3 aromatic rings. The first-order chi connectivity index (χ1) is 10.7. The largest absolute Gasteiger partial charge is 0.399 e. The Labute approximate surface area is 133 Å². The molecule has 0 atom stereocenters. The number of aromatic amines is 1. The average molecular weight is 314 g/mol. The maximum atomic E-state index is 6.07. The Bertz CT molecular complexity index is 839. The Morgan fingerprint density at radius 3 is 2.95 bits per heavy atom. The summed E-state index contributed by atoms with van der Waals surface area (Å²) >= 11 is 6.07. The first-order valence-electron chi connectivity index (χ1n) is 6.95. The van der Waals surface area contributed by atoms with E-state index in [-0.39, 0.29) is 0 Å². The van der Waals surface area contributed by atoms with Gasteiger partial charge in [0, 0.05) is 28.9 Å². The molecule has 22 heavy (non-hydrogen) atoms. The van der Waals surface area contributed by atoms with Crippen LogP contribution in [0.5, 0.6) is 0 Å². The van der Waals surface area contributed by atoms with E-state index in [1.807, 2.05) is 25.1 Å². The topological polar surface area (TPSA) is 50.3 Å². The number of hydrogen-bond acceptors (Lipinski definition) is 3. The number of hydrogen-bond donors (Lipinski definition) is 1. The summed E-state index contributed by atoms with van der Waals surface area (Å²) in [4.78, 5) is 12.5. The van der Waals surface area contributed by atoms with Gasteiger partial charge in [-0.25, -0.2) is 0 Å². The van der Waals surface area contributed by atoms with E-state index in [1.165, 1.54) is 12.7 Å². The van der Waals surface area contributed by atoms with Crippen LogP contribution in [0, 0.1) is 6.92 Å². The van der Waals surface area contributed by atoms with E-state index in [1.54, 1.807) is 12.4 Å². The van der Waals surface area contributed by atoms with Crippen LogP contribution < -0.4 is 0 Å². The van der Waals surface area contributed by atoms with Crippen LogP contribution in [0.15, 0.2) is 41.7 Å². The van der Waals surface area contributed by atoms with Gasteiger partial charge in [-0.3, -0.25) is 4.98 Å². The zero-order chi connectivity index (χ0) is 15.5. The highest BCUT2D eigenvalue weighted by molar-refractivity contribution is 6.31. The molecule has 2 aromatic heterocycles. The van der Waals surface area contributed by atoms with Gasteiger partial charge in [0.15, 0.2) is 0 Å². The molecule has 1 N–H and O–H groups in total. The van der Waals surface area contributed by atoms with E-state index in [2.05, 4.69) is 27.3 Å². The van der Waals surface area contributed by atoms with Crippen LogP contribution in [-0.2, 0) is 11.3 Å². The summed E-state index contributed by atoms with van der Waals surface area (Å²) in [7, 11) is 1.53. The molecule has 112 valence electrons. The molecule has 2 heterocycles. The van der Waals surface area contributed by atoms with E-state index in [4.69, 9.17) is 16.4 Å². The lowest BCUT2D eigenvalue weighted by Crippen LogP contribution is -1.90. The first-order valence-corrected chi connectivity index (χ1v) is 7.33. The lowest BCUT2D eigenvalue weighted by atomic mass is 10.1. The predicted octanol–water partition coefficient (Wildman–Crippen LogP) is 4.10. The average Bonchev–Trinajstić information content (AvgIpc) is 2.92. The summed E-state index contributed by atoms with van der Waals surface area (Å²) in [6, 6.07) is 10.0.